The molecule has 3 aliphatic rings. The number of nitrogens with one attached hydrogen (secondary N) is 1. The van der Waals surface area contributed by atoms with E-state index < -0.39 is 0 Å². The monoisotopic (exact) mass is 265 g/mol. The second-order valence-electron chi connectivity index (χ2n) is 6.44. The van der Waals surface area contributed by atoms with Crippen LogP contribution in [0.25, 0.3) is 0 Å². The van der Waals surface area contributed by atoms with Crippen LogP contribution in [0.5, 0.6) is 0 Å². The Kier molecular flexibility index (Phi) is 4.08. The smallest absolute Gasteiger partial charge is 0.227 e. The lowest BCUT2D eigenvalue weighted by Gasteiger charge is -2.38. The van der Waals surface area contributed by atoms with Crippen molar-refractivity contribution in [2.45, 2.75) is 51.1 Å². The summed E-state index contributed by atoms with van der Waals surface area (Å²) in [4.78, 5) is 17.3. The molecule has 4 heteroatoms. The first kappa shape index (κ1) is 13.4. The van der Waals surface area contributed by atoms with E-state index in [2.05, 4.69) is 22.0 Å². The molecule has 0 aromatic carbocycles. The molecule has 0 radical (unpaired) electrons. The Labute approximate surface area is 116 Å². The largest absolute Gasteiger partial charge is 0.342 e. The van der Waals surface area contributed by atoms with Gasteiger partial charge in [-0.25, -0.2) is 0 Å². The molecule has 2 atom stereocenters. The number of rotatable bonds is 2. The van der Waals surface area contributed by atoms with E-state index in [9.17, 15) is 4.79 Å². The SMILES string of the molecule is CC1NCCC1C(=O)N1CCC(N2CCCC2)CC1. The highest BCUT2D eigenvalue weighted by molar-refractivity contribution is 5.80. The van der Waals surface area contributed by atoms with Crippen LogP contribution in [0.15, 0.2) is 0 Å². The van der Waals surface area contributed by atoms with Crippen molar-refractivity contribution < 1.29 is 4.79 Å². The van der Waals surface area contributed by atoms with E-state index in [4.69, 9.17) is 0 Å². The molecule has 3 heterocycles. The van der Waals surface area contributed by atoms with Crippen molar-refractivity contribution in [3.05, 3.63) is 0 Å². The molecule has 3 fully saturated rings. The molecule has 0 bridgehead atoms. The predicted molar refractivity (Wildman–Crippen MR) is 76.0 cm³/mol. The number of amides is 1. The van der Waals surface area contributed by atoms with Crippen LogP contribution in [-0.2, 0) is 4.79 Å². The summed E-state index contributed by atoms with van der Waals surface area (Å²) in [7, 11) is 0. The van der Waals surface area contributed by atoms with Crippen molar-refractivity contribution in [3.63, 3.8) is 0 Å². The highest BCUT2D eigenvalue weighted by Gasteiger charge is 2.35. The number of nitrogens with zero attached hydrogens (tertiary/aromatic N) is 2. The Morgan fingerprint density at radius 1 is 1.05 bits per heavy atom. The highest BCUT2D eigenvalue weighted by Crippen LogP contribution is 2.24. The molecule has 0 aromatic heterocycles. The normalized spacial score (nSPS) is 34.1. The van der Waals surface area contributed by atoms with E-state index in [-0.39, 0.29) is 5.92 Å². The summed E-state index contributed by atoms with van der Waals surface area (Å²) in [5, 5.41) is 3.39. The van der Waals surface area contributed by atoms with Crippen molar-refractivity contribution >= 4 is 5.91 Å². The third-order valence-corrected chi connectivity index (χ3v) is 5.28. The lowest BCUT2D eigenvalue weighted by Crippen LogP contribution is -2.48. The first-order valence-electron chi connectivity index (χ1n) is 8.02. The van der Waals surface area contributed by atoms with E-state index in [0.29, 0.717) is 11.9 Å². The molecule has 1 N–H and O–H groups in total. The van der Waals surface area contributed by atoms with Gasteiger partial charge in [-0.15, -0.1) is 0 Å². The van der Waals surface area contributed by atoms with Crippen LogP contribution in [0.1, 0.15) is 39.0 Å². The summed E-state index contributed by atoms with van der Waals surface area (Å²) < 4.78 is 0. The summed E-state index contributed by atoms with van der Waals surface area (Å²) in [6.45, 7) is 7.66. The van der Waals surface area contributed by atoms with E-state index in [1.54, 1.807) is 0 Å². The fourth-order valence-electron chi connectivity index (χ4n) is 3.99. The molecular weight excluding hydrogens is 238 g/mol. The van der Waals surface area contributed by atoms with Gasteiger partial charge in [0.1, 0.15) is 0 Å². The average Bonchev–Trinajstić information content (AvgIpc) is 3.09. The van der Waals surface area contributed by atoms with Crippen LogP contribution in [-0.4, -0.2) is 60.5 Å². The maximum atomic E-state index is 12.5. The Morgan fingerprint density at radius 2 is 1.74 bits per heavy atom. The van der Waals surface area contributed by atoms with Crippen LogP contribution in [0.3, 0.4) is 0 Å². The number of carbonyl (C=O) groups is 1. The Bertz CT molecular complexity index is 319. The molecule has 0 spiro atoms. The van der Waals surface area contributed by atoms with Crippen molar-refractivity contribution in [1.29, 1.82) is 0 Å². The standard InChI is InChI=1S/C15H27N3O/c1-12-14(4-7-16-12)15(19)18-10-5-13(6-11-18)17-8-2-3-9-17/h12-14,16H,2-11H2,1H3. The summed E-state index contributed by atoms with van der Waals surface area (Å²) in [6, 6.07) is 1.11. The molecular formula is C15H27N3O. The minimum Gasteiger partial charge on any atom is -0.342 e. The summed E-state index contributed by atoms with van der Waals surface area (Å²) in [5.41, 5.74) is 0. The molecule has 19 heavy (non-hydrogen) atoms. The molecule has 2 unspecified atom stereocenters. The topological polar surface area (TPSA) is 35.6 Å². The van der Waals surface area contributed by atoms with Gasteiger partial charge in [-0.3, -0.25) is 4.79 Å². The lowest BCUT2D eigenvalue weighted by molar-refractivity contribution is -0.137. The maximum Gasteiger partial charge on any atom is 0.227 e. The Balaban J connectivity index is 1.50. The summed E-state index contributed by atoms with van der Waals surface area (Å²) >= 11 is 0. The molecule has 3 rings (SSSR count). The van der Waals surface area contributed by atoms with Gasteiger partial charge in [0.25, 0.3) is 0 Å². The van der Waals surface area contributed by atoms with Gasteiger partial charge in [0.2, 0.25) is 5.91 Å². The number of carbonyl (C=O) groups excluding carboxylic acids is 1. The minimum atomic E-state index is 0.225. The number of likely N-dealkylation sites (tertiary alicyclic amines) is 2. The van der Waals surface area contributed by atoms with Gasteiger partial charge in [0.15, 0.2) is 0 Å². The molecule has 0 aliphatic carbocycles. The zero-order valence-electron chi connectivity index (χ0n) is 12.1. The molecule has 1 amide bonds. The maximum absolute atomic E-state index is 12.5. The third kappa shape index (κ3) is 2.79. The van der Waals surface area contributed by atoms with Gasteiger partial charge < -0.3 is 15.1 Å². The highest BCUT2D eigenvalue weighted by atomic mass is 16.2. The van der Waals surface area contributed by atoms with Gasteiger partial charge >= 0.3 is 0 Å². The van der Waals surface area contributed by atoms with Gasteiger partial charge in [0, 0.05) is 25.2 Å². The first-order valence-corrected chi connectivity index (χ1v) is 8.02. The van der Waals surface area contributed by atoms with Gasteiger partial charge in [0.05, 0.1) is 5.92 Å². The Hall–Kier alpha value is -0.610. The lowest BCUT2D eigenvalue weighted by atomic mass is 9.97. The van der Waals surface area contributed by atoms with Crippen LogP contribution >= 0.6 is 0 Å². The second kappa shape index (κ2) is 5.80. The van der Waals surface area contributed by atoms with Crippen molar-refractivity contribution in [1.82, 2.24) is 15.1 Å². The fourth-order valence-corrected chi connectivity index (χ4v) is 3.99. The molecule has 0 aromatic rings. The van der Waals surface area contributed by atoms with Gasteiger partial charge in [-0.05, 0) is 58.7 Å². The second-order valence-corrected chi connectivity index (χ2v) is 6.44. The van der Waals surface area contributed by atoms with E-state index in [1.165, 1.54) is 38.8 Å². The zero-order chi connectivity index (χ0) is 13.2. The molecule has 108 valence electrons. The number of piperidine rings is 1. The van der Waals surface area contributed by atoms with Crippen LogP contribution < -0.4 is 5.32 Å². The summed E-state index contributed by atoms with van der Waals surface area (Å²) in [6.07, 6.45) is 6.11. The first-order chi connectivity index (χ1) is 9.25. The van der Waals surface area contributed by atoms with Crippen LogP contribution in [0, 0.1) is 5.92 Å². The number of hydrogen-bond donors (Lipinski definition) is 1. The van der Waals surface area contributed by atoms with Crippen molar-refractivity contribution in [2.24, 2.45) is 5.92 Å². The van der Waals surface area contributed by atoms with Crippen molar-refractivity contribution in [2.75, 3.05) is 32.7 Å². The zero-order valence-corrected chi connectivity index (χ0v) is 12.1. The molecule has 3 saturated heterocycles. The van der Waals surface area contributed by atoms with Crippen molar-refractivity contribution in [3.8, 4) is 0 Å². The predicted octanol–water partition coefficient (Wildman–Crippen LogP) is 1.07. The quantitative estimate of drug-likeness (QED) is 0.811. The van der Waals surface area contributed by atoms with Crippen LogP contribution in [0.2, 0.25) is 0 Å². The van der Waals surface area contributed by atoms with Crippen LogP contribution in [0.4, 0.5) is 0 Å². The van der Waals surface area contributed by atoms with Gasteiger partial charge in [-0.1, -0.05) is 0 Å². The van der Waals surface area contributed by atoms with Gasteiger partial charge in [-0.2, -0.15) is 0 Å². The summed E-state index contributed by atoms with van der Waals surface area (Å²) in [5.74, 6) is 0.626. The molecule has 3 aliphatic heterocycles. The van der Waals surface area contributed by atoms with E-state index in [1.807, 2.05) is 0 Å². The average molecular weight is 265 g/mol. The minimum absolute atomic E-state index is 0.225. The van der Waals surface area contributed by atoms with E-state index >= 15 is 0 Å². The van der Waals surface area contributed by atoms with E-state index in [0.717, 1.165) is 32.1 Å². The number of hydrogen-bond acceptors (Lipinski definition) is 3. The fraction of sp³-hybridized carbons (Fsp3) is 0.933. The molecule has 4 nitrogen and oxygen atoms in total. The molecule has 0 saturated carbocycles. The Morgan fingerprint density at radius 3 is 2.32 bits per heavy atom. The third-order valence-electron chi connectivity index (χ3n) is 5.28.